The highest BCUT2D eigenvalue weighted by molar-refractivity contribution is 7.89. The quantitative estimate of drug-likeness (QED) is 0.297. The summed E-state index contributed by atoms with van der Waals surface area (Å²) in [6.45, 7) is 2.30. The van der Waals surface area contributed by atoms with Gasteiger partial charge in [-0.1, -0.05) is 84.0 Å². The molecule has 0 saturated heterocycles. The second-order valence-corrected chi connectivity index (χ2v) is 11.7. The summed E-state index contributed by atoms with van der Waals surface area (Å²) in [5.41, 5.74) is 4.94. The molecule has 5 rings (SSSR count). The molecule has 8 nitrogen and oxygen atoms in total. The van der Waals surface area contributed by atoms with Crippen molar-refractivity contribution in [2.75, 3.05) is 12.9 Å². The molecule has 202 valence electrons. The number of aliphatic hydroxyl groups is 1. The normalized spacial score (nSPS) is 15.1. The van der Waals surface area contributed by atoms with Gasteiger partial charge in [-0.3, -0.25) is 9.52 Å². The molecule has 1 saturated carbocycles. The van der Waals surface area contributed by atoms with Gasteiger partial charge in [0, 0.05) is 5.56 Å². The van der Waals surface area contributed by atoms with Crippen molar-refractivity contribution in [1.29, 1.82) is 0 Å². The summed E-state index contributed by atoms with van der Waals surface area (Å²) < 4.78 is 36.5. The van der Waals surface area contributed by atoms with E-state index in [4.69, 9.17) is 9.26 Å². The number of nitrogens with one attached hydrogen (secondary N) is 1. The van der Waals surface area contributed by atoms with Crippen LogP contribution in [0, 0.1) is 6.92 Å². The van der Waals surface area contributed by atoms with E-state index in [0.717, 1.165) is 34.1 Å². The number of carbonyl (C=O) groups excluding carboxylic acids is 1. The topological polar surface area (TPSA) is 119 Å². The molecule has 1 atom stereocenters. The summed E-state index contributed by atoms with van der Waals surface area (Å²) in [7, 11) is -3.61. The maximum atomic E-state index is 12.5. The fraction of sp³-hybridized carbons (Fsp3) is 0.267. The van der Waals surface area contributed by atoms with Crippen LogP contribution in [-0.2, 0) is 31.6 Å². The van der Waals surface area contributed by atoms with Crippen molar-refractivity contribution in [3.8, 4) is 22.5 Å². The van der Waals surface area contributed by atoms with Gasteiger partial charge in [-0.05, 0) is 42.0 Å². The number of hydrogen-bond acceptors (Lipinski definition) is 7. The number of sulfonamides is 1. The average molecular weight is 547 g/mol. The van der Waals surface area contributed by atoms with Crippen molar-refractivity contribution in [2.45, 2.75) is 37.9 Å². The molecule has 1 amide bonds. The van der Waals surface area contributed by atoms with Crippen molar-refractivity contribution < 1.29 is 27.6 Å². The third-order valence-corrected chi connectivity index (χ3v) is 7.57. The molecule has 0 unspecified atom stereocenters. The van der Waals surface area contributed by atoms with Crippen molar-refractivity contribution in [1.82, 2.24) is 9.88 Å². The number of hydrogen-bond donors (Lipinski definition) is 2. The number of benzene rings is 3. The van der Waals surface area contributed by atoms with Crippen LogP contribution in [0.25, 0.3) is 22.5 Å². The van der Waals surface area contributed by atoms with Gasteiger partial charge in [0.15, 0.2) is 5.76 Å². The van der Waals surface area contributed by atoms with Gasteiger partial charge in [-0.2, -0.15) is 0 Å². The van der Waals surface area contributed by atoms with Crippen LogP contribution in [0.15, 0.2) is 83.4 Å². The zero-order valence-corrected chi connectivity index (χ0v) is 22.6. The molecule has 1 heterocycles. The monoisotopic (exact) mass is 546 g/mol. The van der Waals surface area contributed by atoms with Crippen LogP contribution in [0.2, 0.25) is 0 Å². The molecule has 1 aliphatic carbocycles. The minimum atomic E-state index is -3.61. The van der Waals surface area contributed by atoms with E-state index in [9.17, 15) is 18.3 Å². The van der Waals surface area contributed by atoms with Crippen LogP contribution >= 0.6 is 0 Å². The summed E-state index contributed by atoms with van der Waals surface area (Å²) in [5.74, 6) is 0.0192. The first kappa shape index (κ1) is 26.8. The lowest BCUT2D eigenvalue weighted by molar-refractivity contribution is -0.121. The standard InChI is InChI=1S/C30H30N2O6S/c1-20-27(26(33)19-37-18-21-6-4-3-5-7-21)28(38-31-20)24-10-8-22(9-11-24)23-12-14-25(15-13-23)30(16-17-30)29(34)32-39(2,35)36/h3-15,26,33H,16-19H2,1-2H3,(H,32,34)/t26-/m1/s1. The lowest BCUT2D eigenvalue weighted by atomic mass is 9.93. The van der Waals surface area contributed by atoms with Crippen LogP contribution in [0.3, 0.4) is 0 Å². The molecular formula is C30H30N2O6S. The third-order valence-electron chi connectivity index (χ3n) is 7.01. The van der Waals surface area contributed by atoms with E-state index in [1.165, 1.54) is 0 Å². The Labute approximate surface area is 227 Å². The Hall–Kier alpha value is -3.79. The van der Waals surface area contributed by atoms with Crippen molar-refractivity contribution >= 4 is 15.9 Å². The molecule has 9 heteroatoms. The largest absolute Gasteiger partial charge is 0.386 e. The number of aryl methyl sites for hydroxylation is 1. The lowest BCUT2D eigenvalue weighted by Gasteiger charge is -2.15. The fourth-order valence-corrected chi connectivity index (χ4v) is 5.29. The Morgan fingerprint density at radius 3 is 2.18 bits per heavy atom. The SMILES string of the molecule is Cc1noc(-c2ccc(-c3ccc(C4(C(=O)NS(C)(=O)=O)CC4)cc3)cc2)c1[C@H](O)COCc1ccccc1. The van der Waals surface area contributed by atoms with Gasteiger partial charge in [-0.15, -0.1) is 0 Å². The van der Waals surface area contributed by atoms with Gasteiger partial charge in [0.25, 0.3) is 0 Å². The Morgan fingerprint density at radius 1 is 1.00 bits per heavy atom. The lowest BCUT2D eigenvalue weighted by Crippen LogP contribution is -2.38. The smallest absolute Gasteiger partial charge is 0.244 e. The minimum Gasteiger partial charge on any atom is -0.386 e. The number of aliphatic hydroxyl groups excluding tert-OH is 1. The van der Waals surface area contributed by atoms with Gasteiger partial charge in [0.05, 0.1) is 36.1 Å². The molecule has 0 bridgehead atoms. The molecule has 1 aromatic heterocycles. The molecule has 2 N–H and O–H groups in total. The summed E-state index contributed by atoms with van der Waals surface area (Å²) in [6, 6.07) is 25.1. The van der Waals surface area contributed by atoms with E-state index in [2.05, 4.69) is 9.88 Å². The zero-order chi connectivity index (χ0) is 27.6. The molecule has 0 radical (unpaired) electrons. The van der Waals surface area contributed by atoms with Gasteiger partial charge >= 0.3 is 0 Å². The number of nitrogens with zero attached hydrogens (tertiary/aromatic N) is 1. The number of amides is 1. The van der Waals surface area contributed by atoms with Crippen LogP contribution in [0.1, 0.15) is 41.3 Å². The van der Waals surface area contributed by atoms with E-state index in [-0.39, 0.29) is 6.61 Å². The first-order valence-corrected chi connectivity index (χ1v) is 14.5. The molecule has 0 spiro atoms. The molecule has 39 heavy (non-hydrogen) atoms. The second-order valence-electron chi connectivity index (χ2n) is 9.97. The Kier molecular flexibility index (Phi) is 7.40. The highest BCUT2D eigenvalue weighted by Crippen LogP contribution is 2.48. The maximum Gasteiger partial charge on any atom is 0.244 e. The summed E-state index contributed by atoms with van der Waals surface area (Å²) in [5, 5.41) is 14.9. The fourth-order valence-electron chi connectivity index (χ4n) is 4.76. The second kappa shape index (κ2) is 10.8. The first-order chi connectivity index (χ1) is 18.7. The van der Waals surface area contributed by atoms with Crippen molar-refractivity contribution in [3.63, 3.8) is 0 Å². The van der Waals surface area contributed by atoms with Gasteiger partial charge < -0.3 is 14.4 Å². The predicted octanol–water partition coefficient (Wildman–Crippen LogP) is 4.67. The van der Waals surface area contributed by atoms with Crippen molar-refractivity contribution in [3.05, 3.63) is 101 Å². The third kappa shape index (κ3) is 5.95. The van der Waals surface area contributed by atoms with Crippen LogP contribution in [0.4, 0.5) is 0 Å². The molecule has 0 aliphatic heterocycles. The highest BCUT2D eigenvalue weighted by Gasteiger charge is 2.52. The summed E-state index contributed by atoms with van der Waals surface area (Å²) in [6.07, 6.45) is 1.32. The predicted molar refractivity (Wildman–Crippen MR) is 147 cm³/mol. The Balaban J connectivity index is 1.28. The van der Waals surface area contributed by atoms with Crippen molar-refractivity contribution in [2.24, 2.45) is 0 Å². The number of aromatic nitrogens is 1. The molecule has 3 aromatic carbocycles. The average Bonchev–Trinajstić information content (AvgIpc) is 3.65. The van der Waals surface area contributed by atoms with Crippen LogP contribution in [0.5, 0.6) is 0 Å². The van der Waals surface area contributed by atoms with Crippen LogP contribution in [-0.4, -0.2) is 37.5 Å². The number of carbonyl (C=O) groups is 1. The Morgan fingerprint density at radius 2 is 1.59 bits per heavy atom. The first-order valence-electron chi connectivity index (χ1n) is 12.7. The number of rotatable bonds is 10. The summed E-state index contributed by atoms with van der Waals surface area (Å²) in [4.78, 5) is 12.5. The van der Waals surface area contributed by atoms with Gasteiger partial charge in [0.1, 0.15) is 6.10 Å². The summed E-state index contributed by atoms with van der Waals surface area (Å²) >= 11 is 0. The molecule has 4 aromatic rings. The van der Waals surface area contributed by atoms with Gasteiger partial charge in [-0.25, -0.2) is 8.42 Å². The zero-order valence-electron chi connectivity index (χ0n) is 21.8. The molecule has 1 aliphatic rings. The van der Waals surface area contributed by atoms with E-state index in [1.54, 1.807) is 6.92 Å². The van der Waals surface area contributed by atoms with E-state index in [1.807, 2.05) is 78.9 Å². The molecular weight excluding hydrogens is 516 g/mol. The Bertz CT molecular complexity index is 1560. The maximum absolute atomic E-state index is 12.5. The highest BCUT2D eigenvalue weighted by atomic mass is 32.2. The van der Waals surface area contributed by atoms with Crippen LogP contribution < -0.4 is 4.72 Å². The van der Waals surface area contributed by atoms with Gasteiger partial charge in [0.2, 0.25) is 15.9 Å². The van der Waals surface area contributed by atoms with E-state index >= 15 is 0 Å². The molecule has 1 fully saturated rings. The minimum absolute atomic E-state index is 0.109. The number of ether oxygens (including phenoxy) is 1. The van der Waals surface area contributed by atoms with E-state index < -0.39 is 27.4 Å². The van der Waals surface area contributed by atoms with E-state index in [0.29, 0.717) is 36.5 Å².